The van der Waals surface area contributed by atoms with Gasteiger partial charge < -0.3 is 10.3 Å². The zero-order chi connectivity index (χ0) is 21.9. The molecular weight excluding hydrogens is 398 g/mol. The molecule has 5 heterocycles. The molecule has 0 bridgehead atoms. The molecule has 0 amide bonds. The number of nitrogens with zero attached hydrogens (tertiary/aromatic N) is 4. The maximum absolute atomic E-state index is 4.99. The standard InChI is InChI=1S/C23H21N7.C2H6/c1-2-4-14(5-3-1)16-12-25-13-19-20(16)28-23(27-19)22-21-18(29-30-22)7-6-17(26-21)15-8-10-24-11-9-15;1-2/h1-7,12-13,15,24H,8-11H2,(H,27,28)(H,29,30);1-2H3. The predicted molar refractivity (Wildman–Crippen MR) is 128 cm³/mol. The lowest BCUT2D eigenvalue weighted by molar-refractivity contribution is 0.454. The maximum Gasteiger partial charge on any atom is 0.161 e. The van der Waals surface area contributed by atoms with E-state index < -0.39 is 0 Å². The van der Waals surface area contributed by atoms with Gasteiger partial charge in [-0.2, -0.15) is 5.10 Å². The van der Waals surface area contributed by atoms with Crippen LogP contribution in [0, 0.1) is 0 Å². The molecule has 0 radical (unpaired) electrons. The Morgan fingerprint density at radius 2 is 1.66 bits per heavy atom. The second kappa shape index (κ2) is 8.88. The molecule has 1 aliphatic heterocycles. The maximum atomic E-state index is 4.99. The Labute approximate surface area is 186 Å². The molecule has 162 valence electrons. The van der Waals surface area contributed by atoms with Crippen molar-refractivity contribution in [3.05, 3.63) is 60.6 Å². The Balaban J connectivity index is 0.00000105. The molecule has 1 aliphatic rings. The largest absolute Gasteiger partial charge is 0.335 e. The minimum absolute atomic E-state index is 0.489. The van der Waals surface area contributed by atoms with Gasteiger partial charge in [0.2, 0.25) is 0 Å². The Kier molecular flexibility index (Phi) is 5.64. The minimum Gasteiger partial charge on any atom is -0.335 e. The summed E-state index contributed by atoms with van der Waals surface area (Å²) in [5.41, 5.74) is 7.52. The highest BCUT2D eigenvalue weighted by Crippen LogP contribution is 2.31. The van der Waals surface area contributed by atoms with Crippen molar-refractivity contribution in [3.63, 3.8) is 0 Å². The molecule has 32 heavy (non-hydrogen) atoms. The van der Waals surface area contributed by atoms with Gasteiger partial charge in [0.05, 0.1) is 22.7 Å². The van der Waals surface area contributed by atoms with Crippen LogP contribution >= 0.6 is 0 Å². The lowest BCUT2D eigenvalue weighted by Gasteiger charge is -2.22. The summed E-state index contributed by atoms with van der Waals surface area (Å²) in [6.07, 6.45) is 5.89. The Hall–Kier alpha value is -3.58. The summed E-state index contributed by atoms with van der Waals surface area (Å²) in [6.45, 7) is 6.09. The highest BCUT2D eigenvalue weighted by atomic mass is 15.2. The fourth-order valence-corrected chi connectivity index (χ4v) is 4.30. The summed E-state index contributed by atoms with van der Waals surface area (Å²) >= 11 is 0. The number of aromatic nitrogens is 6. The van der Waals surface area contributed by atoms with Crippen LogP contribution in [-0.4, -0.2) is 43.2 Å². The molecule has 0 unspecified atom stereocenters. The third-order valence-corrected chi connectivity index (χ3v) is 5.89. The first-order valence-electron chi connectivity index (χ1n) is 11.3. The van der Waals surface area contributed by atoms with Crippen molar-refractivity contribution in [1.29, 1.82) is 0 Å². The zero-order valence-corrected chi connectivity index (χ0v) is 18.4. The van der Waals surface area contributed by atoms with Crippen molar-refractivity contribution >= 4 is 22.1 Å². The molecule has 6 rings (SSSR count). The van der Waals surface area contributed by atoms with E-state index in [0.717, 1.165) is 70.5 Å². The van der Waals surface area contributed by atoms with E-state index in [4.69, 9.17) is 9.97 Å². The second-order valence-electron chi connectivity index (χ2n) is 7.76. The first kappa shape index (κ1) is 20.3. The van der Waals surface area contributed by atoms with Gasteiger partial charge in [-0.3, -0.25) is 10.1 Å². The number of benzene rings is 1. The van der Waals surface area contributed by atoms with Gasteiger partial charge in [-0.1, -0.05) is 44.2 Å². The second-order valence-corrected chi connectivity index (χ2v) is 7.76. The molecule has 1 aromatic carbocycles. The number of fused-ring (bicyclic) bond motifs is 2. The van der Waals surface area contributed by atoms with E-state index in [1.165, 1.54) is 0 Å². The van der Waals surface area contributed by atoms with Crippen molar-refractivity contribution in [2.24, 2.45) is 0 Å². The number of rotatable bonds is 3. The monoisotopic (exact) mass is 425 g/mol. The summed E-state index contributed by atoms with van der Waals surface area (Å²) in [5, 5.41) is 11.1. The van der Waals surface area contributed by atoms with Gasteiger partial charge in [0, 0.05) is 23.4 Å². The van der Waals surface area contributed by atoms with Gasteiger partial charge in [-0.05, 0) is 43.6 Å². The zero-order valence-electron chi connectivity index (χ0n) is 18.4. The van der Waals surface area contributed by atoms with Crippen molar-refractivity contribution in [2.45, 2.75) is 32.6 Å². The molecule has 3 N–H and O–H groups in total. The topological polar surface area (TPSA) is 95.2 Å². The molecule has 7 heteroatoms. The van der Waals surface area contributed by atoms with Gasteiger partial charge >= 0.3 is 0 Å². The predicted octanol–water partition coefficient (Wildman–Crippen LogP) is 5.06. The number of nitrogens with one attached hydrogen (secondary N) is 3. The molecule has 0 saturated carbocycles. The number of piperidine rings is 1. The third kappa shape index (κ3) is 3.65. The Bertz CT molecular complexity index is 1330. The Morgan fingerprint density at radius 3 is 2.47 bits per heavy atom. The smallest absolute Gasteiger partial charge is 0.161 e. The minimum atomic E-state index is 0.489. The fraction of sp³-hybridized carbons (Fsp3) is 0.280. The molecule has 1 saturated heterocycles. The van der Waals surface area contributed by atoms with Crippen LogP contribution < -0.4 is 5.32 Å². The molecule has 0 spiro atoms. The fourth-order valence-electron chi connectivity index (χ4n) is 4.30. The average Bonchev–Trinajstić information content (AvgIpc) is 3.50. The first-order chi connectivity index (χ1) is 15.9. The molecule has 5 aromatic rings. The SMILES string of the molecule is CC.c1ccc(-c2cncc3[nH]c(-c4n[nH]c5ccc(C6CCNCC6)nc45)nc23)cc1. The number of hydrogen-bond donors (Lipinski definition) is 3. The van der Waals surface area contributed by atoms with Crippen molar-refractivity contribution in [1.82, 2.24) is 35.5 Å². The lowest BCUT2D eigenvalue weighted by Crippen LogP contribution is -2.27. The van der Waals surface area contributed by atoms with Gasteiger partial charge in [0.15, 0.2) is 11.5 Å². The van der Waals surface area contributed by atoms with Crippen molar-refractivity contribution in [3.8, 4) is 22.6 Å². The summed E-state index contributed by atoms with van der Waals surface area (Å²) in [6, 6.07) is 14.4. The summed E-state index contributed by atoms with van der Waals surface area (Å²) in [4.78, 5) is 17.7. The van der Waals surface area contributed by atoms with Gasteiger partial charge in [0.25, 0.3) is 0 Å². The van der Waals surface area contributed by atoms with E-state index in [2.05, 4.69) is 49.7 Å². The van der Waals surface area contributed by atoms with Crippen molar-refractivity contribution < 1.29 is 0 Å². The molecule has 4 aromatic heterocycles. The third-order valence-electron chi connectivity index (χ3n) is 5.89. The molecule has 1 fully saturated rings. The first-order valence-corrected chi connectivity index (χ1v) is 11.3. The summed E-state index contributed by atoms with van der Waals surface area (Å²) < 4.78 is 0. The number of pyridine rings is 2. The lowest BCUT2D eigenvalue weighted by atomic mass is 9.94. The van der Waals surface area contributed by atoms with E-state index in [0.29, 0.717) is 11.7 Å². The van der Waals surface area contributed by atoms with E-state index in [1.807, 2.05) is 38.2 Å². The van der Waals surface area contributed by atoms with Gasteiger partial charge in [-0.25, -0.2) is 9.97 Å². The highest BCUT2D eigenvalue weighted by Gasteiger charge is 2.20. The van der Waals surface area contributed by atoms with Crippen LogP contribution in [0.3, 0.4) is 0 Å². The normalized spacial score (nSPS) is 14.4. The van der Waals surface area contributed by atoms with Gasteiger partial charge in [0.1, 0.15) is 5.52 Å². The number of aromatic amines is 2. The molecule has 0 atom stereocenters. The van der Waals surface area contributed by atoms with E-state index in [1.54, 1.807) is 6.20 Å². The van der Waals surface area contributed by atoms with Crippen LogP contribution in [0.2, 0.25) is 0 Å². The number of hydrogen-bond acceptors (Lipinski definition) is 5. The number of imidazole rings is 1. The van der Waals surface area contributed by atoms with E-state index >= 15 is 0 Å². The van der Waals surface area contributed by atoms with Crippen LogP contribution in [0.15, 0.2) is 54.9 Å². The van der Waals surface area contributed by atoms with E-state index in [-0.39, 0.29) is 0 Å². The quantitative estimate of drug-likeness (QED) is 0.376. The molecular formula is C25H27N7. The van der Waals surface area contributed by atoms with E-state index in [9.17, 15) is 0 Å². The average molecular weight is 426 g/mol. The summed E-state index contributed by atoms with van der Waals surface area (Å²) in [5.74, 6) is 1.19. The van der Waals surface area contributed by atoms with Crippen LogP contribution in [0.1, 0.15) is 38.3 Å². The highest BCUT2D eigenvalue weighted by molar-refractivity contribution is 5.95. The van der Waals surface area contributed by atoms with Crippen LogP contribution in [0.4, 0.5) is 0 Å². The number of H-pyrrole nitrogens is 2. The summed E-state index contributed by atoms with van der Waals surface area (Å²) in [7, 11) is 0. The Morgan fingerprint density at radius 1 is 0.844 bits per heavy atom. The molecule has 0 aliphatic carbocycles. The molecule has 7 nitrogen and oxygen atoms in total. The van der Waals surface area contributed by atoms with Crippen LogP contribution in [0.5, 0.6) is 0 Å². The van der Waals surface area contributed by atoms with Crippen LogP contribution in [0.25, 0.3) is 44.7 Å². The van der Waals surface area contributed by atoms with Crippen molar-refractivity contribution in [2.75, 3.05) is 13.1 Å². The van der Waals surface area contributed by atoms with Crippen LogP contribution in [-0.2, 0) is 0 Å². The van der Waals surface area contributed by atoms with Gasteiger partial charge in [-0.15, -0.1) is 0 Å².